The van der Waals surface area contributed by atoms with Crippen molar-refractivity contribution in [3.8, 4) is 0 Å². The summed E-state index contributed by atoms with van der Waals surface area (Å²) < 4.78 is 38.5. The zero-order chi connectivity index (χ0) is 43.0. The molecule has 0 aromatic heterocycles. The summed E-state index contributed by atoms with van der Waals surface area (Å²) in [6, 6.07) is -0.875. The first-order valence-electron chi connectivity index (χ1n) is 23.3. The molecular formula is C44H89Cl2N2O11P. The van der Waals surface area contributed by atoms with Gasteiger partial charge in [-0.1, -0.05) is 174 Å². The first kappa shape index (κ1) is 63.3. The SMILES string of the molecule is CCCCCCCCCCCCCCCC(=O)OC[C@H](COP(=O)(O)OCC(O)COC(=O)[C@H](N)CCCCN)OC(=O)CCCCCCCCCCCCCCC.Cl.Cl. The van der Waals surface area contributed by atoms with E-state index in [2.05, 4.69) is 13.8 Å². The molecule has 60 heavy (non-hydrogen) atoms. The smallest absolute Gasteiger partial charge is 0.462 e. The molecule has 0 bridgehead atoms. The molecule has 6 N–H and O–H groups in total. The fraction of sp³-hybridized carbons (Fsp3) is 0.932. The monoisotopic (exact) mass is 923 g/mol. The van der Waals surface area contributed by atoms with Gasteiger partial charge in [-0.25, -0.2) is 4.57 Å². The Balaban J connectivity index is -0.0000162. The molecule has 0 saturated heterocycles. The molecule has 0 heterocycles. The van der Waals surface area contributed by atoms with E-state index in [9.17, 15) is 28.9 Å². The van der Waals surface area contributed by atoms with Crippen LogP contribution >= 0.6 is 32.6 Å². The Labute approximate surface area is 377 Å². The van der Waals surface area contributed by atoms with Crippen molar-refractivity contribution in [1.29, 1.82) is 0 Å². The second kappa shape index (κ2) is 46.0. The Morgan fingerprint density at radius 2 is 0.933 bits per heavy atom. The molecule has 2 unspecified atom stereocenters. The summed E-state index contributed by atoms with van der Waals surface area (Å²) in [7, 11) is -4.74. The number of hydrogen-bond acceptors (Lipinski definition) is 12. The molecule has 0 aromatic carbocycles. The lowest BCUT2D eigenvalue weighted by molar-refractivity contribution is -0.161. The molecule has 360 valence electrons. The Bertz CT molecular complexity index is 1030. The van der Waals surface area contributed by atoms with Gasteiger partial charge in [0.1, 0.15) is 25.4 Å². The molecule has 16 heteroatoms. The first-order chi connectivity index (χ1) is 28.0. The van der Waals surface area contributed by atoms with Crippen molar-refractivity contribution in [2.45, 2.75) is 231 Å². The number of unbranched alkanes of at least 4 members (excludes halogenated alkanes) is 25. The van der Waals surface area contributed by atoms with Crippen LogP contribution < -0.4 is 11.5 Å². The number of aliphatic hydroxyl groups is 1. The fourth-order valence-electron chi connectivity index (χ4n) is 6.55. The lowest BCUT2D eigenvalue weighted by atomic mass is 10.0. The van der Waals surface area contributed by atoms with Crippen LogP contribution in [0, 0.1) is 0 Å². The first-order valence-corrected chi connectivity index (χ1v) is 24.8. The molecule has 0 fully saturated rings. The fourth-order valence-corrected chi connectivity index (χ4v) is 7.34. The molecule has 0 radical (unpaired) electrons. The third kappa shape index (κ3) is 43.6. The highest BCUT2D eigenvalue weighted by molar-refractivity contribution is 7.47. The highest BCUT2D eigenvalue weighted by atomic mass is 35.5. The summed E-state index contributed by atoms with van der Waals surface area (Å²) in [4.78, 5) is 47.5. The molecule has 0 aliphatic heterocycles. The molecule has 0 aromatic rings. The molecule has 13 nitrogen and oxygen atoms in total. The maximum atomic E-state index is 12.7. The van der Waals surface area contributed by atoms with Gasteiger partial charge in [0.15, 0.2) is 6.10 Å². The van der Waals surface area contributed by atoms with Gasteiger partial charge >= 0.3 is 25.7 Å². The van der Waals surface area contributed by atoms with Crippen LogP contribution in [0.25, 0.3) is 0 Å². The van der Waals surface area contributed by atoms with Crippen LogP contribution in [0.2, 0.25) is 0 Å². The van der Waals surface area contributed by atoms with Crippen LogP contribution in [0.5, 0.6) is 0 Å². The average Bonchev–Trinajstić information content (AvgIpc) is 3.20. The van der Waals surface area contributed by atoms with E-state index < -0.39 is 63.8 Å². The van der Waals surface area contributed by atoms with Gasteiger partial charge in [-0.3, -0.25) is 23.4 Å². The van der Waals surface area contributed by atoms with Gasteiger partial charge in [-0.05, 0) is 32.2 Å². The van der Waals surface area contributed by atoms with Crippen molar-refractivity contribution >= 4 is 50.5 Å². The average molecular weight is 924 g/mol. The molecule has 0 rings (SSSR count). The third-order valence-electron chi connectivity index (χ3n) is 10.2. The highest BCUT2D eigenvalue weighted by Gasteiger charge is 2.28. The predicted molar refractivity (Wildman–Crippen MR) is 246 cm³/mol. The van der Waals surface area contributed by atoms with E-state index in [-0.39, 0.29) is 44.3 Å². The Morgan fingerprint density at radius 1 is 0.533 bits per heavy atom. The summed E-state index contributed by atoms with van der Waals surface area (Å²) in [6.07, 6.45) is 30.4. The Kier molecular flexibility index (Phi) is 48.5. The van der Waals surface area contributed by atoms with Gasteiger partial charge in [-0.2, -0.15) is 0 Å². The van der Waals surface area contributed by atoms with Gasteiger partial charge in [-0.15, -0.1) is 24.8 Å². The minimum absolute atomic E-state index is 0. The Morgan fingerprint density at radius 3 is 1.37 bits per heavy atom. The number of ether oxygens (including phenoxy) is 3. The normalized spacial score (nSPS) is 13.6. The summed E-state index contributed by atoms with van der Waals surface area (Å²) >= 11 is 0. The third-order valence-corrected chi connectivity index (χ3v) is 11.2. The minimum atomic E-state index is -4.74. The molecule has 4 atom stereocenters. The van der Waals surface area contributed by atoms with Crippen LogP contribution in [-0.4, -0.2) is 79.1 Å². The molecular weight excluding hydrogens is 834 g/mol. The van der Waals surface area contributed by atoms with Crippen LogP contribution in [0.4, 0.5) is 0 Å². The van der Waals surface area contributed by atoms with Crippen LogP contribution in [-0.2, 0) is 42.2 Å². The van der Waals surface area contributed by atoms with E-state index in [0.29, 0.717) is 38.6 Å². The Hall–Kier alpha value is -1.02. The second-order valence-corrected chi connectivity index (χ2v) is 17.5. The van der Waals surface area contributed by atoms with Crippen LogP contribution in [0.15, 0.2) is 0 Å². The van der Waals surface area contributed by atoms with Gasteiger partial charge in [0.2, 0.25) is 0 Å². The zero-order valence-corrected chi connectivity index (χ0v) is 40.2. The molecule has 0 amide bonds. The van der Waals surface area contributed by atoms with E-state index in [1.807, 2.05) is 0 Å². The van der Waals surface area contributed by atoms with Crippen molar-refractivity contribution in [2.24, 2.45) is 11.5 Å². The summed E-state index contributed by atoms with van der Waals surface area (Å²) in [6.45, 7) is 2.85. The lowest BCUT2D eigenvalue weighted by Crippen LogP contribution is -2.35. The summed E-state index contributed by atoms with van der Waals surface area (Å²) in [5, 5.41) is 10.1. The standard InChI is InChI=1S/C44H87N2O11P.2ClH/c1-3-5-7-9-11-13-15-17-19-21-23-25-27-32-42(48)53-37-40(57-43(49)33-28-26-24-22-20-18-16-14-12-10-8-6-4-2)38-56-58(51,52)55-36-39(47)35-54-44(50)41(46)31-29-30-34-45;;/h39-41,47H,3-38,45-46H2,1-2H3,(H,51,52);2*1H/t39?,40-,41-;;/m1../s1. The van der Waals surface area contributed by atoms with Crippen molar-refractivity contribution < 1.29 is 52.2 Å². The quantitative estimate of drug-likeness (QED) is 0.0194. The topological polar surface area (TPSA) is 207 Å². The van der Waals surface area contributed by atoms with Gasteiger partial charge in [0, 0.05) is 12.8 Å². The molecule has 0 spiro atoms. The molecule has 0 aliphatic carbocycles. The summed E-state index contributed by atoms with van der Waals surface area (Å²) in [5.74, 6) is -1.68. The number of halogens is 2. The van der Waals surface area contributed by atoms with Gasteiger partial charge < -0.3 is 35.7 Å². The lowest BCUT2D eigenvalue weighted by Gasteiger charge is -2.20. The highest BCUT2D eigenvalue weighted by Crippen LogP contribution is 2.43. The number of phosphoric ester groups is 1. The number of nitrogens with two attached hydrogens (primary N) is 2. The number of carbonyl (C=O) groups excluding carboxylic acids is 3. The predicted octanol–water partition coefficient (Wildman–Crippen LogP) is 10.7. The van der Waals surface area contributed by atoms with Crippen molar-refractivity contribution in [1.82, 2.24) is 0 Å². The second-order valence-electron chi connectivity index (χ2n) is 16.0. The maximum Gasteiger partial charge on any atom is 0.472 e. The van der Waals surface area contributed by atoms with Crippen molar-refractivity contribution in [3.05, 3.63) is 0 Å². The number of hydrogen-bond donors (Lipinski definition) is 4. The largest absolute Gasteiger partial charge is 0.472 e. The van der Waals surface area contributed by atoms with E-state index in [4.69, 9.17) is 34.7 Å². The van der Waals surface area contributed by atoms with Crippen LogP contribution in [0.1, 0.15) is 213 Å². The van der Waals surface area contributed by atoms with E-state index >= 15 is 0 Å². The number of carbonyl (C=O) groups is 3. The number of rotatable bonds is 44. The number of esters is 3. The number of phosphoric acid groups is 1. The zero-order valence-electron chi connectivity index (χ0n) is 37.7. The van der Waals surface area contributed by atoms with Crippen LogP contribution in [0.3, 0.4) is 0 Å². The van der Waals surface area contributed by atoms with Crippen molar-refractivity contribution in [2.75, 3.05) is 33.0 Å². The van der Waals surface area contributed by atoms with Gasteiger partial charge in [0.25, 0.3) is 0 Å². The maximum absolute atomic E-state index is 12.7. The summed E-state index contributed by atoms with van der Waals surface area (Å²) in [5.41, 5.74) is 11.2. The minimum Gasteiger partial charge on any atom is -0.462 e. The molecule has 0 aliphatic rings. The van der Waals surface area contributed by atoms with Crippen molar-refractivity contribution in [3.63, 3.8) is 0 Å². The number of aliphatic hydroxyl groups excluding tert-OH is 1. The van der Waals surface area contributed by atoms with Gasteiger partial charge in [0.05, 0.1) is 13.2 Å². The molecule has 0 saturated carbocycles. The van der Waals surface area contributed by atoms with E-state index in [0.717, 1.165) is 38.5 Å². The van der Waals surface area contributed by atoms with E-state index in [1.165, 1.54) is 116 Å². The van der Waals surface area contributed by atoms with E-state index in [1.54, 1.807) is 0 Å².